The summed E-state index contributed by atoms with van der Waals surface area (Å²) in [5.74, 6) is 0.0779. The lowest BCUT2D eigenvalue weighted by Gasteiger charge is -2.29. The molecule has 0 aliphatic heterocycles. The van der Waals surface area contributed by atoms with Crippen molar-refractivity contribution in [3.63, 3.8) is 0 Å². The van der Waals surface area contributed by atoms with Crippen LogP contribution >= 0.6 is 0 Å². The van der Waals surface area contributed by atoms with Crippen molar-refractivity contribution < 1.29 is 14.4 Å². The van der Waals surface area contributed by atoms with Gasteiger partial charge >= 0.3 is 6.03 Å². The fourth-order valence-corrected chi connectivity index (χ4v) is 3.91. The lowest BCUT2D eigenvalue weighted by Crippen LogP contribution is -2.48. The molecular weight excluding hydrogens is 354 g/mol. The molecule has 6 heteroatoms. The molecule has 1 aromatic carbocycles. The third-order valence-electron chi connectivity index (χ3n) is 5.36. The van der Waals surface area contributed by atoms with E-state index in [0.29, 0.717) is 38.9 Å². The van der Waals surface area contributed by atoms with Crippen molar-refractivity contribution in [2.75, 3.05) is 26.7 Å². The minimum atomic E-state index is -0.343. The number of ketones is 1. The quantitative estimate of drug-likeness (QED) is 0.683. The number of carbonyl (C=O) groups excluding carboxylic acids is 3. The second-order valence-electron chi connectivity index (χ2n) is 7.54. The van der Waals surface area contributed by atoms with E-state index in [1.54, 1.807) is 0 Å². The maximum atomic E-state index is 13.0. The molecule has 0 radical (unpaired) electrons. The van der Waals surface area contributed by atoms with E-state index in [-0.39, 0.29) is 29.6 Å². The number of benzene rings is 1. The largest absolute Gasteiger partial charge is 0.337 e. The van der Waals surface area contributed by atoms with Crippen molar-refractivity contribution in [1.82, 2.24) is 15.5 Å². The molecule has 2 unspecified atom stereocenters. The smallest absolute Gasteiger partial charge is 0.324 e. The summed E-state index contributed by atoms with van der Waals surface area (Å²) in [5.41, 5.74) is 1.15. The summed E-state index contributed by atoms with van der Waals surface area (Å²) < 4.78 is 0. The Balaban J connectivity index is 1.91. The minimum Gasteiger partial charge on any atom is -0.337 e. The number of hydrogen-bond acceptors (Lipinski definition) is 4. The highest BCUT2D eigenvalue weighted by Crippen LogP contribution is 2.28. The molecular formula is C22H33N3O3. The van der Waals surface area contributed by atoms with Crippen molar-refractivity contribution >= 4 is 17.7 Å². The predicted molar refractivity (Wildman–Crippen MR) is 110 cm³/mol. The molecule has 0 spiro atoms. The summed E-state index contributed by atoms with van der Waals surface area (Å²) in [6.45, 7) is 3.15. The molecule has 0 heterocycles. The predicted octanol–water partition coefficient (Wildman–Crippen LogP) is 2.77. The van der Waals surface area contributed by atoms with Crippen molar-refractivity contribution in [2.45, 2.75) is 45.4 Å². The molecule has 3 amide bonds. The molecule has 1 aromatic rings. The van der Waals surface area contributed by atoms with Gasteiger partial charge in [0.2, 0.25) is 5.91 Å². The van der Waals surface area contributed by atoms with Gasteiger partial charge in [0.15, 0.2) is 0 Å². The first-order valence-electron chi connectivity index (χ1n) is 10.3. The third kappa shape index (κ3) is 6.75. The molecule has 1 aliphatic carbocycles. The topological polar surface area (TPSA) is 78.5 Å². The Bertz CT molecular complexity index is 648. The Hall–Kier alpha value is -2.21. The lowest BCUT2D eigenvalue weighted by molar-refractivity contribution is -0.133. The summed E-state index contributed by atoms with van der Waals surface area (Å²) >= 11 is 0. The molecule has 2 atom stereocenters. The van der Waals surface area contributed by atoms with E-state index in [4.69, 9.17) is 0 Å². The maximum absolute atomic E-state index is 13.0. The number of hydrogen-bond donors (Lipinski definition) is 2. The summed E-state index contributed by atoms with van der Waals surface area (Å²) in [6.07, 6.45) is 4.48. The zero-order valence-corrected chi connectivity index (χ0v) is 17.1. The molecule has 2 rings (SSSR count). The zero-order chi connectivity index (χ0) is 20.4. The number of amides is 3. The maximum Gasteiger partial charge on any atom is 0.324 e. The molecule has 1 fully saturated rings. The van der Waals surface area contributed by atoms with E-state index in [2.05, 4.69) is 10.6 Å². The first-order chi connectivity index (χ1) is 13.5. The summed E-state index contributed by atoms with van der Waals surface area (Å²) in [5, 5.41) is 5.93. The molecule has 0 saturated heterocycles. The van der Waals surface area contributed by atoms with E-state index >= 15 is 0 Å². The average molecular weight is 388 g/mol. The number of imide groups is 1. The highest BCUT2D eigenvalue weighted by Gasteiger charge is 2.31. The van der Waals surface area contributed by atoms with Gasteiger partial charge in [-0.25, -0.2) is 4.79 Å². The average Bonchev–Trinajstić information content (AvgIpc) is 2.69. The molecule has 6 nitrogen and oxygen atoms in total. The lowest BCUT2D eigenvalue weighted by atomic mass is 9.81. The minimum absolute atomic E-state index is 0.160. The van der Waals surface area contributed by atoms with Crippen LogP contribution in [-0.4, -0.2) is 49.3 Å². The Kier molecular flexibility index (Phi) is 9.14. The highest BCUT2D eigenvalue weighted by atomic mass is 16.2. The number of Topliss-reactive ketones (excluding diaryl/α,β-unsaturated/α-hetero) is 1. The second-order valence-corrected chi connectivity index (χ2v) is 7.54. The zero-order valence-electron chi connectivity index (χ0n) is 17.1. The van der Waals surface area contributed by atoms with Gasteiger partial charge in [-0.3, -0.25) is 14.5 Å². The van der Waals surface area contributed by atoms with Crippen molar-refractivity contribution in [2.24, 2.45) is 11.8 Å². The SMILES string of the molecule is CCN(C(=O)NCCc1ccccc1)C(=O)C(CNC)CC1CCCC(=O)C1. The van der Waals surface area contributed by atoms with Crippen LogP contribution in [0, 0.1) is 11.8 Å². The van der Waals surface area contributed by atoms with Crippen LogP contribution in [0.1, 0.15) is 44.6 Å². The van der Waals surface area contributed by atoms with Crippen LogP contribution in [0.5, 0.6) is 0 Å². The van der Waals surface area contributed by atoms with Gasteiger partial charge in [0, 0.05) is 32.5 Å². The van der Waals surface area contributed by atoms with Gasteiger partial charge in [-0.15, -0.1) is 0 Å². The van der Waals surface area contributed by atoms with Crippen molar-refractivity contribution in [3.05, 3.63) is 35.9 Å². The van der Waals surface area contributed by atoms with Crippen LogP contribution in [-0.2, 0) is 16.0 Å². The summed E-state index contributed by atoms with van der Waals surface area (Å²) in [4.78, 5) is 38.7. The van der Waals surface area contributed by atoms with Crippen LogP contribution in [0.3, 0.4) is 0 Å². The van der Waals surface area contributed by atoms with E-state index in [1.165, 1.54) is 4.90 Å². The van der Waals surface area contributed by atoms with Crippen LogP contribution < -0.4 is 10.6 Å². The fraction of sp³-hybridized carbons (Fsp3) is 0.591. The van der Waals surface area contributed by atoms with Gasteiger partial charge in [0.05, 0.1) is 5.92 Å². The molecule has 1 aliphatic rings. The first-order valence-corrected chi connectivity index (χ1v) is 10.3. The van der Waals surface area contributed by atoms with Gasteiger partial charge in [0.25, 0.3) is 0 Å². The Morgan fingerprint density at radius 3 is 2.64 bits per heavy atom. The van der Waals surface area contributed by atoms with E-state index in [9.17, 15) is 14.4 Å². The first kappa shape index (κ1) is 22.1. The normalized spacial score (nSPS) is 17.8. The summed E-state index contributed by atoms with van der Waals surface area (Å²) in [6, 6.07) is 9.59. The van der Waals surface area contributed by atoms with Crippen molar-refractivity contribution in [1.29, 1.82) is 0 Å². The highest BCUT2D eigenvalue weighted by molar-refractivity contribution is 5.95. The van der Waals surface area contributed by atoms with Gasteiger partial charge < -0.3 is 10.6 Å². The fourth-order valence-electron chi connectivity index (χ4n) is 3.91. The summed E-state index contributed by atoms with van der Waals surface area (Å²) in [7, 11) is 1.81. The van der Waals surface area contributed by atoms with Crippen LogP contribution in [0.25, 0.3) is 0 Å². The Morgan fingerprint density at radius 1 is 1.25 bits per heavy atom. The Labute approximate surface area is 168 Å². The van der Waals surface area contributed by atoms with Gasteiger partial charge in [0.1, 0.15) is 5.78 Å². The standard InChI is InChI=1S/C22H33N3O3/c1-3-25(22(28)24-13-12-17-8-5-4-6-9-17)21(27)19(16-23-2)14-18-10-7-11-20(26)15-18/h4-6,8-9,18-19,23H,3,7,10-16H2,1-2H3,(H,24,28). The van der Waals surface area contributed by atoms with Crippen LogP contribution in [0.15, 0.2) is 30.3 Å². The number of nitrogens with one attached hydrogen (secondary N) is 2. The molecule has 1 saturated carbocycles. The van der Waals surface area contributed by atoms with E-state index in [1.807, 2.05) is 44.3 Å². The van der Waals surface area contributed by atoms with Crippen molar-refractivity contribution in [3.8, 4) is 0 Å². The van der Waals surface area contributed by atoms with Gasteiger partial charge in [-0.05, 0) is 51.1 Å². The van der Waals surface area contributed by atoms with E-state index in [0.717, 1.165) is 24.8 Å². The van der Waals surface area contributed by atoms with Crippen LogP contribution in [0.4, 0.5) is 4.79 Å². The Morgan fingerprint density at radius 2 is 2.00 bits per heavy atom. The van der Waals surface area contributed by atoms with Gasteiger partial charge in [-0.1, -0.05) is 30.3 Å². The number of nitrogens with zero attached hydrogens (tertiary/aromatic N) is 1. The second kappa shape index (κ2) is 11.6. The molecule has 154 valence electrons. The third-order valence-corrected chi connectivity index (χ3v) is 5.36. The van der Waals surface area contributed by atoms with Crippen LogP contribution in [0.2, 0.25) is 0 Å². The molecule has 0 aromatic heterocycles. The van der Waals surface area contributed by atoms with Gasteiger partial charge in [-0.2, -0.15) is 0 Å². The van der Waals surface area contributed by atoms with E-state index < -0.39 is 0 Å². The number of rotatable bonds is 9. The number of carbonyl (C=O) groups is 3. The molecule has 0 bridgehead atoms. The number of urea groups is 1. The monoisotopic (exact) mass is 387 g/mol. The molecule has 28 heavy (non-hydrogen) atoms. The molecule has 2 N–H and O–H groups in total.